The molecule has 0 amide bonds. The highest BCUT2D eigenvalue weighted by molar-refractivity contribution is 5.65. The molecule has 0 spiro atoms. The van der Waals surface area contributed by atoms with E-state index in [1.54, 1.807) is 27.7 Å². The number of methoxy groups -OCH3 is 3. The zero-order chi connectivity index (χ0) is 15.2. The van der Waals surface area contributed by atoms with Crippen molar-refractivity contribution in [2.24, 2.45) is 0 Å². The molecule has 0 aromatic carbocycles. The van der Waals surface area contributed by atoms with E-state index in [1.165, 1.54) is 0 Å². The third kappa shape index (κ3) is 3.36. The van der Waals surface area contributed by atoms with Gasteiger partial charge in [-0.2, -0.15) is 0 Å². The molecule has 2 rings (SSSR count). The van der Waals surface area contributed by atoms with Crippen molar-refractivity contribution in [2.45, 2.75) is 25.6 Å². The van der Waals surface area contributed by atoms with Crippen molar-refractivity contribution in [3.05, 3.63) is 6.33 Å². The summed E-state index contributed by atoms with van der Waals surface area (Å²) in [6, 6.07) is 0. The van der Waals surface area contributed by atoms with Crippen molar-refractivity contribution in [1.82, 2.24) is 9.97 Å². The van der Waals surface area contributed by atoms with Crippen LogP contribution in [0.25, 0.3) is 0 Å². The maximum Gasteiger partial charge on any atom is 0.204 e. The standard InChI is InChI=1S/C14H24N4O3/c1-5-6-15-13-12(21-4)14(17-9-16-13)18-7-10(19-2)11(8-18)20-3/h9-11H,5-8H2,1-4H3,(H,15,16,17). The number of nitrogens with zero attached hydrogens (tertiary/aromatic N) is 3. The van der Waals surface area contributed by atoms with Gasteiger partial charge in [0, 0.05) is 33.9 Å². The molecule has 0 bridgehead atoms. The Hall–Kier alpha value is -1.60. The van der Waals surface area contributed by atoms with Crippen molar-refractivity contribution < 1.29 is 14.2 Å². The molecule has 1 aliphatic heterocycles. The second kappa shape index (κ2) is 7.42. The lowest BCUT2D eigenvalue weighted by molar-refractivity contribution is -0.00461. The van der Waals surface area contributed by atoms with Crippen LogP contribution in [0.15, 0.2) is 6.33 Å². The van der Waals surface area contributed by atoms with E-state index in [2.05, 4.69) is 27.1 Å². The maximum atomic E-state index is 5.51. The van der Waals surface area contributed by atoms with Crippen LogP contribution in [-0.2, 0) is 9.47 Å². The van der Waals surface area contributed by atoms with Crippen LogP contribution in [0.3, 0.4) is 0 Å². The lowest BCUT2D eigenvalue weighted by Gasteiger charge is -2.21. The van der Waals surface area contributed by atoms with Gasteiger partial charge >= 0.3 is 0 Å². The molecule has 0 saturated carbocycles. The van der Waals surface area contributed by atoms with Crippen molar-refractivity contribution in [1.29, 1.82) is 0 Å². The fraction of sp³-hybridized carbons (Fsp3) is 0.714. The summed E-state index contributed by atoms with van der Waals surface area (Å²) in [6.45, 7) is 4.38. The quantitative estimate of drug-likeness (QED) is 0.809. The van der Waals surface area contributed by atoms with Crippen molar-refractivity contribution >= 4 is 11.6 Å². The van der Waals surface area contributed by atoms with Crippen LogP contribution in [0.5, 0.6) is 5.75 Å². The van der Waals surface area contributed by atoms with Gasteiger partial charge in [-0.25, -0.2) is 9.97 Å². The summed E-state index contributed by atoms with van der Waals surface area (Å²) in [6.07, 6.45) is 2.63. The Balaban J connectivity index is 2.23. The van der Waals surface area contributed by atoms with E-state index >= 15 is 0 Å². The van der Waals surface area contributed by atoms with E-state index < -0.39 is 0 Å². The smallest absolute Gasteiger partial charge is 0.204 e. The molecule has 2 heterocycles. The van der Waals surface area contributed by atoms with Crippen molar-refractivity contribution in [3.63, 3.8) is 0 Å². The van der Waals surface area contributed by atoms with Crippen LogP contribution >= 0.6 is 0 Å². The van der Waals surface area contributed by atoms with Crippen LogP contribution in [0.2, 0.25) is 0 Å². The first-order valence-corrected chi connectivity index (χ1v) is 7.18. The normalized spacial score (nSPS) is 21.6. The second-order valence-electron chi connectivity index (χ2n) is 4.96. The van der Waals surface area contributed by atoms with Gasteiger partial charge < -0.3 is 24.4 Å². The molecule has 1 aliphatic rings. The van der Waals surface area contributed by atoms with E-state index in [9.17, 15) is 0 Å². The molecule has 2 unspecified atom stereocenters. The highest BCUT2D eigenvalue weighted by Crippen LogP contribution is 2.34. The van der Waals surface area contributed by atoms with Gasteiger partial charge in [0.25, 0.3) is 0 Å². The molecular formula is C14H24N4O3. The maximum absolute atomic E-state index is 5.51. The van der Waals surface area contributed by atoms with Crippen LogP contribution in [0.4, 0.5) is 11.6 Å². The Bertz CT molecular complexity index is 446. The minimum atomic E-state index is 0.0294. The highest BCUT2D eigenvalue weighted by atomic mass is 16.5. The second-order valence-corrected chi connectivity index (χ2v) is 4.96. The van der Waals surface area contributed by atoms with E-state index in [-0.39, 0.29) is 12.2 Å². The van der Waals surface area contributed by atoms with E-state index in [4.69, 9.17) is 14.2 Å². The van der Waals surface area contributed by atoms with Crippen LogP contribution in [0, 0.1) is 0 Å². The summed E-state index contributed by atoms with van der Waals surface area (Å²) in [7, 11) is 5.04. The van der Waals surface area contributed by atoms with Gasteiger partial charge in [0.05, 0.1) is 7.11 Å². The first-order valence-electron chi connectivity index (χ1n) is 7.18. The number of hydrogen-bond donors (Lipinski definition) is 1. The summed E-state index contributed by atoms with van der Waals surface area (Å²) in [5.41, 5.74) is 0. The van der Waals surface area contributed by atoms with Gasteiger partial charge in [0.15, 0.2) is 11.6 Å². The lowest BCUT2D eigenvalue weighted by Crippen LogP contribution is -2.27. The number of aromatic nitrogens is 2. The van der Waals surface area contributed by atoms with Crippen LogP contribution in [0.1, 0.15) is 13.3 Å². The van der Waals surface area contributed by atoms with E-state index in [0.29, 0.717) is 5.75 Å². The van der Waals surface area contributed by atoms with Gasteiger partial charge in [-0.05, 0) is 6.42 Å². The van der Waals surface area contributed by atoms with Gasteiger partial charge in [0.1, 0.15) is 18.5 Å². The van der Waals surface area contributed by atoms with Crippen LogP contribution in [-0.4, -0.2) is 63.1 Å². The van der Waals surface area contributed by atoms with Gasteiger partial charge in [0.2, 0.25) is 5.75 Å². The van der Waals surface area contributed by atoms with Crippen molar-refractivity contribution in [3.8, 4) is 5.75 Å². The Kier molecular flexibility index (Phi) is 5.58. The average Bonchev–Trinajstić information content (AvgIpc) is 2.95. The predicted octanol–water partition coefficient (Wildman–Crippen LogP) is 1.16. The SMILES string of the molecule is CCCNc1ncnc(N2CC(OC)C(OC)C2)c1OC. The fourth-order valence-electron chi connectivity index (χ4n) is 2.52. The minimum Gasteiger partial charge on any atom is -0.490 e. The summed E-state index contributed by atoms with van der Waals surface area (Å²) < 4.78 is 16.4. The fourth-order valence-corrected chi connectivity index (χ4v) is 2.52. The summed E-state index contributed by atoms with van der Waals surface area (Å²) in [5.74, 6) is 2.16. The molecule has 21 heavy (non-hydrogen) atoms. The molecule has 1 aromatic heterocycles. The lowest BCUT2D eigenvalue weighted by atomic mass is 10.3. The van der Waals surface area contributed by atoms with E-state index in [0.717, 1.165) is 37.7 Å². The molecule has 118 valence electrons. The molecule has 1 N–H and O–H groups in total. The first-order chi connectivity index (χ1) is 10.2. The van der Waals surface area contributed by atoms with Gasteiger partial charge in [-0.15, -0.1) is 0 Å². The molecule has 2 atom stereocenters. The summed E-state index contributed by atoms with van der Waals surface area (Å²) >= 11 is 0. The number of rotatable bonds is 7. The zero-order valence-electron chi connectivity index (χ0n) is 13.1. The topological polar surface area (TPSA) is 68.7 Å². The largest absolute Gasteiger partial charge is 0.490 e. The molecule has 0 radical (unpaired) electrons. The third-order valence-corrected chi connectivity index (χ3v) is 3.65. The third-order valence-electron chi connectivity index (χ3n) is 3.65. The Morgan fingerprint density at radius 1 is 1.19 bits per heavy atom. The predicted molar refractivity (Wildman–Crippen MR) is 81.2 cm³/mol. The number of nitrogens with one attached hydrogen (secondary N) is 1. The Morgan fingerprint density at radius 2 is 1.86 bits per heavy atom. The minimum absolute atomic E-state index is 0.0294. The number of ether oxygens (including phenoxy) is 3. The number of hydrogen-bond acceptors (Lipinski definition) is 7. The molecule has 1 aromatic rings. The number of anilines is 2. The van der Waals surface area contributed by atoms with Gasteiger partial charge in [-0.3, -0.25) is 0 Å². The molecular weight excluding hydrogens is 272 g/mol. The summed E-state index contributed by atoms with van der Waals surface area (Å²) in [4.78, 5) is 10.7. The van der Waals surface area contributed by atoms with Crippen molar-refractivity contribution in [2.75, 3.05) is 51.2 Å². The molecule has 7 nitrogen and oxygen atoms in total. The Labute approximate surface area is 125 Å². The molecule has 1 saturated heterocycles. The zero-order valence-corrected chi connectivity index (χ0v) is 13.1. The monoisotopic (exact) mass is 296 g/mol. The van der Waals surface area contributed by atoms with Gasteiger partial charge in [-0.1, -0.05) is 6.92 Å². The Morgan fingerprint density at radius 3 is 2.38 bits per heavy atom. The van der Waals surface area contributed by atoms with Crippen LogP contribution < -0.4 is 15.0 Å². The molecule has 1 fully saturated rings. The average molecular weight is 296 g/mol. The highest BCUT2D eigenvalue weighted by Gasteiger charge is 2.35. The molecule has 0 aliphatic carbocycles. The van der Waals surface area contributed by atoms with E-state index in [1.807, 2.05) is 0 Å². The molecule has 7 heteroatoms. The summed E-state index contributed by atoms with van der Waals surface area (Å²) in [5, 5.41) is 3.26. The first kappa shape index (κ1) is 15.8.